The number of nitro groups is 1. The van der Waals surface area contributed by atoms with Crippen molar-refractivity contribution < 1.29 is 14.5 Å². The first kappa shape index (κ1) is 14.9. The number of nitrogens with zero attached hydrogens (tertiary/aromatic N) is 1. The van der Waals surface area contributed by atoms with Crippen LogP contribution in [-0.2, 0) is 9.53 Å². The van der Waals surface area contributed by atoms with Crippen LogP contribution in [0.3, 0.4) is 0 Å². The molecule has 2 rings (SSSR count). The molecule has 1 unspecified atom stereocenters. The second kappa shape index (κ2) is 5.88. The van der Waals surface area contributed by atoms with Crippen LogP contribution in [0.15, 0.2) is 35.5 Å². The molecule has 1 atom stereocenters. The molecule has 1 aromatic rings. The van der Waals surface area contributed by atoms with E-state index in [1.807, 2.05) is 0 Å². The maximum atomic E-state index is 11.9. The van der Waals surface area contributed by atoms with E-state index in [0.717, 1.165) is 0 Å². The molecule has 1 aliphatic heterocycles. The number of methoxy groups -OCH3 is 1. The Kier molecular flexibility index (Phi) is 4.18. The molecule has 0 aliphatic carbocycles. The standard InChI is InChI=1S/C13H13N3O4S/c1-7-10(12(17)20-2)11(15-13(21)14-7)8-3-5-9(6-4-8)16(18)19/h3-6,11H,1-2H3,(H2,14,15,21). The molecular formula is C13H13N3O4S. The Bertz CT molecular complexity index is 639. The van der Waals surface area contributed by atoms with Gasteiger partial charge in [-0.1, -0.05) is 0 Å². The number of allylic oxidation sites excluding steroid dienone is 1. The Hall–Kier alpha value is -2.48. The van der Waals surface area contributed by atoms with E-state index < -0.39 is 16.9 Å². The third kappa shape index (κ3) is 3.00. The number of thiocarbonyl (C=S) groups is 1. The van der Waals surface area contributed by atoms with Crippen molar-refractivity contribution in [3.8, 4) is 0 Å². The van der Waals surface area contributed by atoms with E-state index in [1.165, 1.54) is 19.2 Å². The summed E-state index contributed by atoms with van der Waals surface area (Å²) in [6.07, 6.45) is 0. The molecular weight excluding hydrogens is 294 g/mol. The fourth-order valence-corrected chi connectivity index (χ4v) is 2.38. The average Bonchev–Trinajstić information content (AvgIpc) is 2.45. The zero-order valence-electron chi connectivity index (χ0n) is 11.4. The molecule has 2 N–H and O–H groups in total. The van der Waals surface area contributed by atoms with Gasteiger partial charge in [0.05, 0.1) is 23.6 Å². The van der Waals surface area contributed by atoms with Crippen molar-refractivity contribution >= 4 is 29.0 Å². The fraction of sp³-hybridized carbons (Fsp3) is 0.231. The lowest BCUT2D eigenvalue weighted by atomic mass is 9.95. The van der Waals surface area contributed by atoms with Gasteiger partial charge < -0.3 is 15.4 Å². The van der Waals surface area contributed by atoms with Crippen LogP contribution < -0.4 is 10.6 Å². The number of nitrogens with one attached hydrogen (secondary N) is 2. The molecule has 7 nitrogen and oxygen atoms in total. The van der Waals surface area contributed by atoms with Gasteiger partial charge in [0.1, 0.15) is 0 Å². The van der Waals surface area contributed by atoms with Crippen LogP contribution in [0.25, 0.3) is 0 Å². The van der Waals surface area contributed by atoms with Gasteiger partial charge in [-0.2, -0.15) is 0 Å². The van der Waals surface area contributed by atoms with Crippen LogP contribution in [0.4, 0.5) is 5.69 Å². The number of nitro benzene ring substituents is 1. The zero-order valence-corrected chi connectivity index (χ0v) is 12.2. The average molecular weight is 307 g/mol. The topological polar surface area (TPSA) is 93.5 Å². The Morgan fingerprint density at radius 3 is 2.52 bits per heavy atom. The molecule has 110 valence electrons. The highest BCUT2D eigenvalue weighted by Crippen LogP contribution is 2.28. The lowest BCUT2D eigenvalue weighted by Gasteiger charge is -2.29. The van der Waals surface area contributed by atoms with Crippen LogP contribution in [0.1, 0.15) is 18.5 Å². The molecule has 21 heavy (non-hydrogen) atoms. The maximum absolute atomic E-state index is 11.9. The predicted molar refractivity (Wildman–Crippen MR) is 79.4 cm³/mol. The summed E-state index contributed by atoms with van der Waals surface area (Å²) in [5.74, 6) is -0.488. The van der Waals surface area contributed by atoms with Gasteiger partial charge in [-0.25, -0.2) is 4.79 Å². The van der Waals surface area contributed by atoms with Gasteiger partial charge in [0, 0.05) is 17.8 Å². The Balaban J connectivity index is 2.43. The third-order valence-corrected chi connectivity index (χ3v) is 3.33. The van der Waals surface area contributed by atoms with Crippen molar-refractivity contribution in [2.45, 2.75) is 13.0 Å². The predicted octanol–water partition coefficient (Wildman–Crippen LogP) is 1.56. The number of hydrogen-bond acceptors (Lipinski definition) is 5. The molecule has 0 bridgehead atoms. The van der Waals surface area contributed by atoms with Crippen molar-refractivity contribution in [3.05, 3.63) is 51.2 Å². The molecule has 0 saturated heterocycles. The van der Waals surface area contributed by atoms with E-state index in [0.29, 0.717) is 21.9 Å². The normalized spacial score (nSPS) is 17.8. The Labute approximate surface area is 126 Å². The molecule has 1 aliphatic rings. The number of hydrogen-bond donors (Lipinski definition) is 2. The van der Waals surface area contributed by atoms with Gasteiger partial charge in [-0.3, -0.25) is 10.1 Å². The summed E-state index contributed by atoms with van der Waals surface area (Å²) in [7, 11) is 1.29. The highest BCUT2D eigenvalue weighted by Gasteiger charge is 2.30. The lowest BCUT2D eigenvalue weighted by Crippen LogP contribution is -2.45. The Morgan fingerprint density at radius 2 is 2.00 bits per heavy atom. The first-order valence-corrected chi connectivity index (χ1v) is 6.46. The van der Waals surface area contributed by atoms with Gasteiger partial charge in [0.2, 0.25) is 0 Å². The number of benzene rings is 1. The molecule has 1 heterocycles. The van der Waals surface area contributed by atoms with Crippen LogP contribution >= 0.6 is 12.2 Å². The number of rotatable bonds is 3. The quantitative estimate of drug-likeness (QED) is 0.379. The van der Waals surface area contributed by atoms with Crippen molar-refractivity contribution in [3.63, 3.8) is 0 Å². The molecule has 0 spiro atoms. The van der Waals surface area contributed by atoms with Gasteiger partial charge >= 0.3 is 5.97 Å². The molecule has 1 aromatic carbocycles. The van der Waals surface area contributed by atoms with Crippen LogP contribution in [-0.4, -0.2) is 23.1 Å². The van der Waals surface area contributed by atoms with Crippen LogP contribution in [0.5, 0.6) is 0 Å². The summed E-state index contributed by atoms with van der Waals surface area (Å²) in [4.78, 5) is 22.1. The number of carbonyl (C=O) groups excluding carboxylic acids is 1. The van der Waals surface area contributed by atoms with Crippen LogP contribution in [0.2, 0.25) is 0 Å². The minimum absolute atomic E-state index is 0.0180. The van der Waals surface area contributed by atoms with Crippen molar-refractivity contribution in [2.75, 3.05) is 7.11 Å². The minimum Gasteiger partial charge on any atom is -0.466 e. The Morgan fingerprint density at radius 1 is 1.38 bits per heavy atom. The molecule has 0 saturated carbocycles. The second-order valence-electron chi connectivity index (χ2n) is 4.41. The van der Waals surface area contributed by atoms with E-state index in [9.17, 15) is 14.9 Å². The third-order valence-electron chi connectivity index (χ3n) is 3.11. The number of non-ortho nitro benzene ring substituents is 1. The summed E-state index contributed by atoms with van der Waals surface area (Å²) < 4.78 is 4.78. The summed E-state index contributed by atoms with van der Waals surface area (Å²) >= 11 is 5.09. The molecule has 8 heteroatoms. The SMILES string of the molecule is COC(=O)C1=C(C)NC(=S)NC1c1ccc([N+](=O)[O-])cc1. The maximum Gasteiger partial charge on any atom is 0.337 e. The number of esters is 1. The molecule has 0 aromatic heterocycles. The number of ether oxygens (including phenoxy) is 1. The van der Waals surface area contributed by atoms with Crippen molar-refractivity contribution in [2.24, 2.45) is 0 Å². The summed E-state index contributed by atoms with van der Waals surface area (Å²) in [6, 6.07) is 5.42. The van der Waals surface area contributed by atoms with Gasteiger partial charge in [-0.15, -0.1) is 0 Å². The monoisotopic (exact) mass is 307 g/mol. The summed E-state index contributed by atoms with van der Waals surface area (Å²) in [5, 5.41) is 16.9. The highest BCUT2D eigenvalue weighted by molar-refractivity contribution is 7.80. The minimum atomic E-state index is -0.507. The molecule has 0 fully saturated rings. The first-order valence-electron chi connectivity index (χ1n) is 6.05. The lowest BCUT2D eigenvalue weighted by molar-refractivity contribution is -0.384. The van der Waals surface area contributed by atoms with E-state index in [1.54, 1.807) is 19.1 Å². The summed E-state index contributed by atoms with van der Waals surface area (Å²) in [5.41, 5.74) is 1.65. The van der Waals surface area contributed by atoms with Crippen molar-refractivity contribution in [1.82, 2.24) is 10.6 Å². The summed E-state index contributed by atoms with van der Waals surface area (Å²) in [6.45, 7) is 1.72. The largest absolute Gasteiger partial charge is 0.466 e. The molecule has 0 amide bonds. The van der Waals surface area contributed by atoms with E-state index in [2.05, 4.69) is 10.6 Å². The fourth-order valence-electron chi connectivity index (χ4n) is 2.11. The van der Waals surface area contributed by atoms with E-state index in [4.69, 9.17) is 17.0 Å². The second-order valence-corrected chi connectivity index (χ2v) is 4.82. The van der Waals surface area contributed by atoms with Gasteiger partial charge in [-0.05, 0) is 36.8 Å². The first-order chi connectivity index (χ1) is 9.93. The smallest absolute Gasteiger partial charge is 0.337 e. The molecule has 0 radical (unpaired) electrons. The van der Waals surface area contributed by atoms with E-state index >= 15 is 0 Å². The van der Waals surface area contributed by atoms with Gasteiger partial charge in [0.15, 0.2) is 5.11 Å². The zero-order chi connectivity index (χ0) is 15.6. The van der Waals surface area contributed by atoms with E-state index in [-0.39, 0.29) is 5.69 Å². The van der Waals surface area contributed by atoms with Gasteiger partial charge in [0.25, 0.3) is 5.69 Å². The number of carbonyl (C=O) groups is 1. The highest BCUT2D eigenvalue weighted by atomic mass is 32.1. The van der Waals surface area contributed by atoms with Crippen LogP contribution in [0, 0.1) is 10.1 Å². The van der Waals surface area contributed by atoms with Crippen molar-refractivity contribution in [1.29, 1.82) is 0 Å².